The zero-order valence-electron chi connectivity index (χ0n) is 15.9. The molecule has 0 bridgehead atoms. The number of likely N-dealkylation sites (N-methyl/N-ethyl adjacent to an activating group) is 1. The molecule has 1 aliphatic rings. The van der Waals surface area contributed by atoms with Crippen LogP contribution in [0.25, 0.3) is 10.9 Å². The minimum atomic E-state index is -0.572. The van der Waals surface area contributed by atoms with Crippen molar-refractivity contribution in [2.24, 2.45) is 0 Å². The van der Waals surface area contributed by atoms with E-state index in [1.807, 2.05) is 38.2 Å². The van der Waals surface area contributed by atoms with Crippen LogP contribution in [-0.4, -0.2) is 40.0 Å². The van der Waals surface area contributed by atoms with Gasteiger partial charge < -0.3 is 14.8 Å². The number of rotatable bonds is 2. The lowest BCUT2D eigenvalue weighted by Gasteiger charge is -2.28. The molecule has 1 amide bonds. The van der Waals surface area contributed by atoms with Crippen LogP contribution in [0.3, 0.4) is 0 Å². The minimum Gasteiger partial charge on any atom is -0.372 e. The Balaban J connectivity index is 1.68. The molecule has 7 nitrogen and oxygen atoms in total. The van der Waals surface area contributed by atoms with E-state index in [0.29, 0.717) is 24.0 Å². The van der Waals surface area contributed by atoms with E-state index in [9.17, 15) is 14.4 Å². The van der Waals surface area contributed by atoms with Gasteiger partial charge in [-0.2, -0.15) is 0 Å². The summed E-state index contributed by atoms with van der Waals surface area (Å²) in [6, 6.07) is 14.7. The van der Waals surface area contributed by atoms with Gasteiger partial charge in [-0.25, -0.2) is 4.79 Å². The molecule has 2 aromatic carbocycles. The summed E-state index contributed by atoms with van der Waals surface area (Å²) in [6.07, 6.45) is 0. The molecule has 0 unspecified atom stereocenters. The largest absolute Gasteiger partial charge is 0.372 e. The zero-order chi connectivity index (χ0) is 19.8. The number of anilines is 1. The molecule has 4 rings (SSSR count). The first-order valence-corrected chi connectivity index (χ1v) is 9.26. The average molecular weight is 378 g/mol. The number of carbonyl (C=O) groups excluding carboxylic acids is 1. The lowest BCUT2D eigenvalue weighted by atomic mass is 10.1. The van der Waals surface area contributed by atoms with Crippen LogP contribution in [0, 0.1) is 0 Å². The number of amides is 1. The van der Waals surface area contributed by atoms with Gasteiger partial charge in [-0.05, 0) is 30.7 Å². The Morgan fingerprint density at radius 2 is 1.82 bits per heavy atom. The second kappa shape index (κ2) is 6.99. The number of hydrogen-bond acceptors (Lipinski definition) is 4. The second-order valence-corrected chi connectivity index (χ2v) is 7.25. The maximum Gasteiger partial charge on any atom is 0.329 e. The van der Waals surface area contributed by atoms with Crippen molar-refractivity contribution in [3.05, 3.63) is 74.9 Å². The van der Waals surface area contributed by atoms with Crippen LogP contribution in [0.1, 0.15) is 12.5 Å². The van der Waals surface area contributed by atoms with Gasteiger partial charge >= 0.3 is 5.69 Å². The van der Waals surface area contributed by atoms with Crippen LogP contribution in [0.15, 0.2) is 58.1 Å². The van der Waals surface area contributed by atoms with Gasteiger partial charge in [0.05, 0.1) is 10.9 Å². The Morgan fingerprint density at radius 1 is 1.11 bits per heavy atom. The molecule has 0 saturated heterocycles. The Bertz CT molecular complexity index is 1160. The molecule has 1 atom stereocenters. The lowest BCUT2D eigenvalue weighted by Crippen LogP contribution is -2.46. The maximum atomic E-state index is 13.1. The zero-order valence-corrected chi connectivity index (χ0v) is 15.9. The van der Waals surface area contributed by atoms with Crippen molar-refractivity contribution in [3.63, 3.8) is 0 Å². The summed E-state index contributed by atoms with van der Waals surface area (Å²) in [7, 11) is 2.00. The van der Waals surface area contributed by atoms with E-state index in [4.69, 9.17) is 0 Å². The van der Waals surface area contributed by atoms with Crippen molar-refractivity contribution in [2.75, 3.05) is 18.5 Å². The van der Waals surface area contributed by atoms with Crippen LogP contribution in [-0.2, 0) is 17.9 Å². The predicted octanol–water partition coefficient (Wildman–Crippen LogP) is 1.56. The van der Waals surface area contributed by atoms with Gasteiger partial charge in [0.15, 0.2) is 0 Å². The van der Waals surface area contributed by atoms with Crippen molar-refractivity contribution in [3.8, 4) is 0 Å². The molecule has 1 aromatic heterocycles. The number of aromatic nitrogens is 2. The van der Waals surface area contributed by atoms with Gasteiger partial charge in [0.2, 0.25) is 5.91 Å². The molecule has 28 heavy (non-hydrogen) atoms. The first-order chi connectivity index (χ1) is 13.5. The number of aromatic amines is 1. The summed E-state index contributed by atoms with van der Waals surface area (Å²) < 4.78 is 0.984. The lowest BCUT2D eigenvalue weighted by molar-refractivity contribution is -0.134. The Morgan fingerprint density at radius 3 is 2.64 bits per heavy atom. The van der Waals surface area contributed by atoms with E-state index < -0.39 is 11.2 Å². The van der Waals surface area contributed by atoms with Gasteiger partial charge in [-0.15, -0.1) is 0 Å². The van der Waals surface area contributed by atoms with Crippen molar-refractivity contribution < 1.29 is 4.79 Å². The molecule has 144 valence electrons. The van der Waals surface area contributed by atoms with Gasteiger partial charge in [0.1, 0.15) is 6.54 Å². The minimum absolute atomic E-state index is 0.0554. The standard InChI is InChI=1S/C21H22N4O3/c1-14-11-23(2)18-10-6-3-7-15(18)12-24(14)19(26)13-25-20(27)16-8-4-5-9-17(16)22-21(25)28/h3-10,14H,11-13H2,1-2H3,(H,22,28)/t14-/m1/s1. The highest BCUT2D eigenvalue weighted by molar-refractivity contribution is 5.79. The summed E-state index contributed by atoms with van der Waals surface area (Å²) in [4.78, 5) is 44.8. The number of benzene rings is 2. The molecule has 0 saturated carbocycles. The molecule has 3 aromatic rings. The topological polar surface area (TPSA) is 78.4 Å². The normalized spacial score (nSPS) is 16.7. The van der Waals surface area contributed by atoms with E-state index >= 15 is 0 Å². The molecule has 0 fully saturated rings. The summed E-state index contributed by atoms with van der Waals surface area (Å²) >= 11 is 0. The highest BCUT2D eigenvalue weighted by Gasteiger charge is 2.27. The first-order valence-electron chi connectivity index (χ1n) is 9.26. The third-order valence-electron chi connectivity index (χ3n) is 5.32. The fourth-order valence-corrected chi connectivity index (χ4v) is 3.85. The van der Waals surface area contributed by atoms with Gasteiger partial charge in [-0.3, -0.25) is 14.2 Å². The van der Waals surface area contributed by atoms with Gasteiger partial charge in [0, 0.05) is 31.9 Å². The Hall–Kier alpha value is -3.35. The summed E-state index contributed by atoms with van der Waals surface area (Å²) in [5.74, 6) is -0.250. The number of carbonyl (C=O) groups is 1. The molecular weight excluding hydrogens is 356 g/mol. The molecule has 1 aliphatic heterocycles. The Labute approximate surface area is 161 Å². The smallest absolute Gasteiger partial charge is 0.329 e. The fourth-order valence-electron chi connectivity index (χ4n) is 3.85. The molecular formula is C21H22N4O3. The monoisotopic (exact) mass is 378 g/mol. The Kier molecular flexibility index (Phi) is 4.50. The average Bonchev–Trinajstić information content (AvgIpc) is 2.81. The summed E-state index contributed by atoms with van der Waals surface area (Å²) in [5.41, 5.74) is 1.58. The van der Waals surface area contributed by atoms with Gasteiger partial charge in [0.25, 0.3) is 5.56 Å². The third kappa shape index (κ3) is 3.09. The van der Waals surface area contributed by atoms with Crippen LogP contribution in [0.4, 0.5) is 5.69 Å². The van der Waals surface area contributed by atoms with Crippen molar-refractivity contribution in [2.45, 2.75) is 26.1 Å². The number of nitrogens with zero attached hydrogens (tertiary/aromatic N) is 3. The van der Waals surface area contributed by atoms with Crippen molar-refractivity contribution in [1.29, 1.82) is 0 Å². The SMILES string of the molecule is C[C@@H]1CN(C)c2ccccc2CN1C(=O)Cn1c(=O)[nH]c2ccccc2c1=O. The quantitative estimate of drug-likeness (QED) is 0.734. The summed E-state index contributed by atoms with van der Waals surface area (Å²) in [5, 5.41) is 0.392. The van der Waals surface area contributed by atoms with E-state index in [-0.39, 0.29) is 18.5 Å². The molecule has 0 radical (unpaired) electrons. The molecule has 7 heteroatoms. The number of H-pyrrole nitrogens is 1. The number of hydrogen-bond donors (Lipinski definition) is 1. The van der Waals surface area contributed by atoms with Gasteiger partial charge in [-0.1, -0.05) is 30.3 Å². The van der Waals surface area contributed by atoms with Crippen LogP contribution in [0.5, 0.6) is 0 Å². The van der Waals surface area contributed by atoms with E-state index in [2.05, 4.69) is 9.88 Å². The molecule has 0 aliphatic carbocycles. The fraction of sp³-hybridized carbons (Fsp3) is 0.286. The molecule has 0 spiro atoms. The third-order valence-corrected chi connectivity index (χ3v) is 5.32. The second-order valence-electron chi connectivity index (χ2n) is 7.25. The van der Waals surface area contributed by atoms with Crippen LogP contribution in [0.2, 0.25) is 0 Å². The number of nitrogens with one attached hydrogen (secondary N) is 1. The maximum absolute atomic E-state index is 13.1. The predicted molar refractivity (Wildman–Crippen MR) is 109 cm³/mol. The number of fused-ring (bicyclic) bond motifs is 2. The molecule has 1 N–H and O–H groups in total. The van der Waals surface area contributed by atoms with Crippen LogP contribution < -0.4 is 16.1 Å². The van der Waals surface area contributed by atoms with Crippen molar-refractivity contribution in [1.82, 2.24) is 14.5 Å². The highest BCUT2D eigenvalue weighted by Crippen LogP contribution is 2.26. The van der Waals surface area contributed by atoms with Crippen molar-refractivity contribution >= 4 is 22.5 Å². The highest BCUT2D eigenvalue weighted by atomic mass is 16.2. The molecule has 2 heterocycles. The summed E-state index contributed by atoms with van der Waals surface area (Å²) in [6.45, 7) is 2.81. The first kappa shape index (κ1) is 18.0. The van der Waals surface area contributed by atoms with E-state index in [1.54, 1.807) is 29.2 Å². The van der Waals surface area contributed by atoms with Crippen LogP contribution >= 0.6 is 0 Å². The number of para-hydroxylation sites is 2. The van der Waals surface area contributed by atoms with E-state index in [0.717, 1.165) is 15.8 Å². The van der Waals surface area contributed by atoms with E-state index in [1.165, 1.54) is 0 Å².